The van der Waals surface area contributed by atoms with Gasteiger partial charge in [0.05, 0.1) is 0 Å². The van der Waals surface area contributed by atoms with Gasteiger partial charge in [0.25, 0.3) is 0 Å². The molecule has 2 rings (SSSR count). The molecule has 1 aromatic carbocycles. The lowest BCUT2D eigenvalue weighted by Gasteiger charge is -2.15. The molecule has 0 saturated heterocycles. The quantitative estimate of drug-likeness (QED) is 0.757. The summed E-state index contributed by atoms with van der Waals surface area (Å²) >= 11 is 0. The molecular weight excluding hydrogens is 346 g/mol. The predicted octanol–water partition coefficient (Wildman–Crippen LogP) is 4.37. The van der Waals surface area contributed by atoms with Gasteiger partial charge in [0.15, 0.2) is 0 Å². The summed E-state index contributed by atoms with van der Waals surface area (Å²) in [6, 6.07) is 5.58. The van der Waals surface area contributed by atoms with Crippen molar-refractivity contribution in [2.45, 2.75) is 26.7 Å². The zero-order chi connectivity index (χ0) is 19.6. The van der Waals surface area contributed by atoms with Gasteiger partial charge in [-0.2, -0.15) is 5.10 Å². The normalized spacial score (nSPS) is 19.7. The smallest absolute Gasteiger partial charge is 0.242 e. The van der Waals surface area contributed by atoms with Gasteiger partial charge in [-0.1, -0.05) is 23.8 Å². The average molecular weight is 370 g/mol. The van der Waals surface area contributed by atoms with Crippen molar-refractivity contribution < 1.29 is 8.78 Å². The van der Waals surface area contributed by atoms with E-state index in [-0.39, 0.29) is 6.42 Å². The molecule has 1 aliphatic rings. The van der Waals surface area contributed by atoms with E-state index >= 15 is 0 Å². The van der Waals surface area contributed by atoms with Crippen LogP contribution in [0.1, 0.15) is 23.6 Å². The van der Waals surface area contributed by atoms with Crippen molar-refractivity contribution in [3.05, 3.63) is 76.8 Å². The molecule has 6 heteroatoms. The highest BCUT2D eigenvalue weighted by Crippen LogP contribution is 2.28. The predicted molar refractivity (Wildman–Crippen MR) is 109 cm³/mol. The summed E-state index contributed by atoms with van der Waals surface area (Å²) in [6.45, 7) is 3.88. The Labute approximate surface area is 158 Å². The Morgan fingerprint density at radius 1 is 1.30 bits per heavy atom. The van der Waals surface area contributed by atoms with Gasteiger partial charge in [-0.3, -0.25) is 10.4 Å². The van der Waals surface area contributed by atoms with Crippen molar-refractivity contribution in [3.8, 4) is 0 Å². The molecule has 1 aliphatic heterocycles. The number of rotatable bonds is 5. The van der Waals surface area contributed by atoms with E-state index in [0.717, 1.165) is 27.8 Å². The molecule has 0 saturated carbocycles. The SMILES string of the molecule is C\N=C/C(C1=C/N/C=C\C=N/NC=C\1)=C(\C)c1cc(C)ccc1CC(F)F. The third-order valence-corrected chi connectivity index (χ3v) is 4.02. The van der Waals surface area contributed by atoms with E-state index in [2.05, 4.69) is 20.8 Å². The second kappa shape index (κ2) is 10.2. The van der Waals surface area contributed by atoms with Crippen LogP contribution in [-0.4, -0.2) is 25.9 Å². The molecular formula is C21H24F2N4. The number of aryl methyl sites for hydroxylation is 1. The molecule has 0 fully saturated rings. The first-order chi connectivity index (χ1) is 13.0. The second-order valence-corrected chi connectivity index (χ2v) is 6.05. The van der Waals surface area contributed by atoms with Gasteiger partial charge in [0, 0.05) is 55.6 Å². The van der Waals surface area contributed by atoms with Gasteiger partial charge in [0.1, 0.15) is 0 Å². The molecule has 1 heterocycles. The van der Waals surface area contributed by atoms with E-state index in [1.54, 1.807) is 44.0 Å². The van der Waals surface area contributed by atoms with Crippen LogP contribution < -0.4 is 10.7 Å². The maximum absolute atomic E-state index is 13.0. The van der Waals surface area contributed by atoms with E-state index in [1.807, 2.05) is 38.3 Å². The number of hydrogen-bond acceptors (Lipinski definition) is 4. The number of aliphatic imine (C=N–C) groups is 1. The maximum atomic E-state index is 13.0. The second-order valence-electron chi connectivity index (χ2n) is 6.05. The molecule has 27 heavy (non-hydrogen) atoms. The minimum atomic E-state index is -2.40. The molecule has 0 amide bonds. The fourth-order valence-corrected chi connectivity index (χ4v) is 2.75. The van der Waals surface area contributed by atoms with Crippen molar-refractivity contribution in [2.24, 2.45) is 10.1 Å². The van der Waals surface area contributed by atoms with E-state index in [4.69, 9.17) is 0 Å². The van der Waals surface area contributed by atoms with Crippen LogP contribution in [0, 0.1) is 6.92 Å². The lowest BCUT2D eigenvalue weighted by molar-refractivity contribution is 0.149. The Morgan fingerprint density at radius 3 is 2.85 bits per heavy atom. The molecule has 0 unspecified atom stereocenters. The molecule has 0 spiro atoms. The first-order valence-corrected chi connectivity index (χ1v) is 8.61. The van der Waals surface area contributed by atoms with Gasteiger partial charge >= 0.3 is 0 Å². The molecule has 142 valence electrons. The fourth-order valence-electron chi connectivity index (χ4n) is 2.75. The van der Waals surface area contributed by atoms with Crippen molar-refractivity contribution in [1.82, 2.24) is 10.7 Å². The topological polar surface area (TPSA) is 48.8 Å². The largest absolute Gasteiger partial charge is 0.367 e. The Hall–Kier alpha value is -3.02. The maximum Gasteiger partial charge on any atom is 0.242 e. The van der Waals surface area contributed by atoms with Crippen molar-refractivity contribution >= 4 is 18.0 Å². The van der Waals surface area contributed by atoms with Crippen molar-refractivity contribution in [3.63, 3.8) is 0 Å². The van der Waals surface area contributed by atoms with E-state index in [1.165, 1.54) is 0 Å². The number of alkyl halides is 2. The van der Waals surface area contributed by atoms with Crippen LogP contribution in [0.4, 0.5) is 8.78 Å². The van der Waals surface area contributed by atoms with Crippen LogP contribution in [0.2, 0.25) is 0 Å². The van der Waals surface area contributed by atoms with Gasteiger partial charge in [-0.05, 0) is 42.7 Å². The summed E-state index contributed by atoms with van der Waals surface area (Å²) in [6.07, 6.45) is 9.57. The summed E-state index contributed by atoms with van der Waals surface area (Å²) in [4.78, 5) is 4.17. The standard InChI is InChI=1S/C21H24F2N4/c1-15-5-6-17(12-21(22)23)19(11-15)16(2)20(14-24-3)18-7-10-27-26-9-4-8-25-13-18/h4-11,13-14,21,25,27H,12H2,1-3H3/b8-4-,10-7?,18-13+,20-16-,24-14-,26-9-. The van der Waals surface area contributed by atoms with Crippen molar-refractivity contribution in [2.75, 3.05) is 7.05 Å². The monoisotopic (exact) mass is 370 g/mol. The Kier molecular flexibility index (Phi) is 7.67. The highest BCUT2D eigenvalue weighted by molar-refractivity contribution is 5.97. The van der Waals surface area contributed by atoms with E-state index < -0.39 is 6.43 Å². The van der Waals surface area contributed by atoms with Crippen LogP contribution >= 0.6 is 0 Å². The number of benzene rings is 1. The Bertz CT molecular complexity index is 831. The number of allylic oxidation sites excluding steroid dienone is 5. The van der Waals surface area contributed by atoms with Gasteiger partial charge in [-0.15, -0.1) is 0 Å². The Balaban J connectivity index is 2.59. The highest BCUT2D eigenvalue weighted by Gasteiger charge is 2.14. The van der Waals surface area contributed by atoms with E-state index in [9.17, 15) is 8.78 Å². The molecule has 0 aromatic heterocycles. The minimum Gasteiger partial charge on any atom is -0.367 e. The summed E-state index contributed by atoms with van der Waals surface area (Å²) in [5, 5.41) is 7.06. The molecule has 1 aromatic rings. The van der Waals surface area contributed by atoms with Crippen LogP contribution in [-0.2, 0) is 6.42 Å². The highest BCUT2D eigenvalue weighted by atomic mass is 19.3. The zero-order valence-electron chi connectivity index (χ0n) is 15.7. The number of hydrazone groups is 1. The van der Waals surface area contributed by atoms with Gasteiger partial charge in [0.2, 0.25) is 6.43 Å². The first kappa shape index (κ1) is 20.3. The third kappa shape index (κ3) is 6.02. The molecule has 0 radical (unpaired) electrons. The minimum absolute atomic E-state index is 0.282. The number of hydrogen-bond donors (Lipinski definition) is 2. The summed E-state index contributed by atoms with van der Waals surface area (Å²) in [5.41, 5.74) is 7.81. The molecule has 0 aliphatic carbocycles. The molecule has 0 atom stereocenters. The summed E-state index contributed by atoms with van der Waals surface area (Å²) in [5.74, 6) is 0. The van der Waals surface area contributed by atoms with E-state index in [0.29, 0.717) is 5.56 Å². The average Bonchev–Trinajstić information content (AvgIpc) is 2.65. The molecule has 2 N–H and O–H groups in total. The Morgan fingerprint density at radius 2 is 2.11 bits per heavy atom. The number of halogens is 2. The van der Waals surface area contributed by atoms with Crippen LogP contribution in [0.5, 0.6) is 0 Å². The summed E-state index contributed by atoms with van der Waals surface area (Å²) in [7, 11) is 1.68. The van der Waals surface area contributed by atoms with Crippen molar-refractivity contribution in [1.29, 1.82) is 0 Å². The van der Waals surface area contributed by atoms with Gasteiger partial charge in [-0.25, -0.2) is 8.78 Å². The van der Waals surface area contributed by atoms with Crippen LogP contribution in [0.25, 0.3) is 5.57 Å². The van der Waals surface area contributed by atoms with Gasteiger partial charge < -0.3 is 5.32 Å². The van der Waals surface area contributed by atoms with Crippen LogP contribution in [0.3, 0.4) is 0 Å². The lowest BCUT2D eigenvalue weighted by atomic mass is 9.91. The molecule has 0 bridgehead atoms. The van der Waals surface area contributed by atoms with Crippen LogP contribution in [0.15, 0.2) is 70.2 Å². The first-order valence-electron chi connectivity index (χ1n) is 8.61. The third-order valence-electron chi connectivity index (χ3n) is 4.02. The summed E-state index contributed by atoms with van der Waals surface area (Å²) < 4.78 is 26.1. The fraction of sp³-hybridized carbons (Fsp3) is 0.238. The number of nitrogens with zero attached hydrogens (tertiary/aromatic N) is 2. The zero-order valence-corrected chi connectivity index (χ0v) is 15.7. The number of nitrogens with one attached hydrogen (secondary N) is 2. The molecule has 4 nitrogen and oxygen atoms in total. The lowest BCUT2D eigenvalue weighted by Crippen LogP contribution is -2.05.